The van der Waals surface area contributed by atoms with Crippen LogP contribution in [0, 0.1) is 17.5 Å². The van der Waals surface area contributed by atoms with E-state index in [0.717, 1.165) is 22.9 Å². The number of halogens is 3. The lowest BCUT2D eigenvalue weighted by molar-refractivity contribution is 0.359. The van der Waals surface area contributed by atoms with Crippen molar-refractivity contribution in [2.45, 2.75) is 66.6 Å². The van der Waals surface area contributed by atoms with Gasteiger partial charge in [-0.05, 0) is 24.3 Å². The molecule has 0 radical (unpaired) electrons. The number of aromatic nitrogens is 8. The molecule has 2 aromatic carbocycles. The number of hydrogen-bond acceptors (Lipinski definition) is 15. The number of nitrogens with zero attached hydrogens (tertiary/aromatic N) is 12. The number of ether oxygens (including phenoxy) is 4. The molecule has 0 aliphatic carbocycles. The van der Waals surface area contributed by atoms with Gasteiger partial charge in [-0.3, -0.25) is 19.3 Å². The number of nitrogens with one attached hydrogen (secondary N) is 2. The van der Waals surface area contributed by atoms with Crippen molar-refractivity contribution in [1.82, 2.24) is 49.7 Å². The zero-order chi connectivity index (χ0) is 52.1. The summed E-state index contributed by atoms with van der Waals surface area (Å²) in [6.07, 6.45) is 11.2. The monoisotopic (exact) mass is 993 g/mol. The lowest BCUT2D eigenvalue weighted by Crippen LogP contribution is -2.33. The second-order valence-corrected chi connectivity index (χ2v) is 16.6. The third kappa shape index (κ3) is 12.8. The molecule has 0 bridgehead atoms. The van der Waals surface area contributed by atoms with Gasteiger partial charge in [0.25, 0.3) is 0 Å². The molecule has 8 rings (SSSR count). The summed E-state index contributed by atoms with van der Waals surface area (Å²) in [5.41, 5.74) is 5.01. The first-order chi connectivity index (χ1) is 34.7. The van der Waals surface area contributed by atoms with Crippen LogP contribution >= 0.6 is 0 Å². The fourth-order valence-corrected chi connectivity index (χ4v) is 7.38. The summed E-state index contributed by atoms with van der Waals surface area (Å²) in [7, 11) is 9.23. The highest BCUT2D eigenvalue weighted by Crippen LogP contribution is 2.39. The Balaban J connectivity index is 0.000000228. The Kier molecular flexibility index (Phi) is 18.6. The molecule has 72 heavy (non-hydrogen) atoms. The molecule has 0 amide bonds. The van der Waals surface area contributed by atoms with Crippen molar-refractivity contribution in [2.24, 2.45) is 29.1 Å². The average Bonchev–Trinajstić information content (AvgIpc) is 3.96. The number of aliphatic imine (C=N–C) groups is 2. The summed E-state index contributed by atoms with van der Waals surface area (Å²) < 4.78 is 71.5. The van der Waals surface area contributed by atoms with Crippen LogP contribution in [0.4, 0.5) is 41.9 Å². The fourth-order valence-electron chi connectivity index (χ4n) is 7.38. The maximum Gasteiger partial charge on any atom is 0.193 e. The molecule has 0 saturated carbocycles. The van der Waals surface area contributed by atoms with E-state index in [1.165, 1.54) is 34.5 Å². The molecule has 1 aliphatic rings. The third-order valence-corrected chi connectivity index (χ3v) is 10.9. The van der Waals surface area contributed by atoms with E-state index in [1.807, 2.05) is 72.5 Å². The predicted molar refractivity (Wildman–Crippen MR) is 275 cm³/mol. The van der Waals surface area contributed by atoms with E-state index in [1.54, 1.807) is 55.6 Å². The number of aryl methyl sites for hydroxylation is 2. The van der Waals surface area contributed by atoms with Crippen LogP contribution in [0.5, 0.6) is 23.0 Å². The van der Waals surface area contributed by atoms with Crippen LogP contribution in [0.15, 0.2) is 88.4 Å². The van der Waals surface area contributed by atoms with Crippen molar-refractivity contribution in [3.63, 3.8) is 0 Å². The zero-order valence-corrected chi connectivity index (χ0v) is 42.8. The molecule has 5 aromatic heterocycles. The van der Waals surface area contributed by atoms with Gasteiger partial charge in [-0.2, -0.15) is 10.2 Å². The third-order valence-electron chi connectivity index (χ3n) is 10.9. The van der Waals surface area contributed by atoms with Crippen LogP contribution in [0.3, 0.4) is 0 Å². The molecule has 6 heterocycles. The van der Waals surface area contributed by atoms with Crippen LogP contribution in [0.2, 0.25) is 0 Å². The van der Waals surface area contributed by atoms with Gasteiger partial charge in [0.1, 0.15) is 33.9 Å². The van der Waals surface area contributed by atoms with Crippen molar-refractivity contribution in [1.29, 1.82) is 0 Å². The molecule has 0 unspecified atom stereocenters. The van der Waals surface area contributed by atoms with Gasteiger partial charge in [0, 0.05) is 107 Å². The van der Waals surface area contributed by atoms with Crippen LogP contribution < -0.4 is 40.0 Å². The highest BCUT2D eigenvalue weighted by Gasteiger charge is 2.23. The Hall–Kier alpha value is -7.65. The number of rotatable bonds is 17. The number of fused-ring (bicyclic) bond motifs is 2. The normalized spacial score (nSPS) is 12.2. The van der Waals surface area contributed by atoms with Crippen molar-refractivity contribution in [2.75, 3.05) is 53.0 Å². The Bertz CT molecular complexity index is 3060. The van der Waals surface area contributed by atoms with Crippen LogP contribution in [0.25, 0.3) is 22.4 Å². The SMILES string of the molecule is CC.COc1cc(OC)c(F)c(N(CCNC(C)C)c2ccc3c(n2)N=C(c2cnn(C)c2)CC=N3)c1.COc1cc(OC)c(F)c(N=c2ccc3ncc(-c4cnn(C)c4)nc3n2CCNC(C)C)c1F. The molecule has 7 aromatic rings. The van der Waals surface area contributed by atoms with Gasteiger partial charge in [-0.1, -0.05) is 41.5 Å². The standard InChI is InChI=1S/C25H30FN7O2.C24H27F2N7O2.C2H6/c1-16(2)27-10-11-33(21-12-18(34-4)13-22(35-5)24(21)26)23-7-6-20-25(31-23)30-19(8-9-28-20)17-14-29-32(3)15-17;1-14(2)27-8-9-33-20(31-23-21(25)18(34-4)10-19(35-5)22(23)26)7-6-16-24(33)30-17(12-28-16)15-11-29-32(3)13-15;1-2/h6-7,9,12-16,27H,8,10-11H2,1-5H3;6-7,10-14,27H,8-9H2,1-5H3;1-2H3. The number of hydrogen-bond donors (Lipinski definition) is 2. The maximum absolute atomic E-state index is 15.5. The second kappa shape index (κ2) is 25.0. The maximum atomic E-state index is 15.5. The van der Waals surface area contributed by atoms with Gasteiger partial charge >= 0.3 is 0 Å². The molecule has 0 fully saturated rings. The number of benzene rings is 2. The molecule has 0 saturated heterocycles. The minimum atomic E-state index is -0.923. The molecule has 0 atom stereocenters. The second-order valence-electron chi connectivity index (χ2n) is 16.6. The van der Waals surface area contributed by atoms with E-state index in [-0.39, 0.29) is 29.3 Å². The average molecular weight is 993 g/mol. The summed E-state index contributed by atoms with van der Waals surface area (Å²) in [6, 6.07) is 11.9. The molecule has 0 spiro atoms. The van der Waals surface area contributed by atoms with E-state index in [2.05, 4.69) is 49.6 Å². The van der Waals surface area contributed by atoms with Gasteiger partial charge in [0.2, 0.25) is 0 Å². The van der Waals surface area contributed by atoms with E-state index < -0.39 is 23.1 Å². The van der Waals surface area contributed by atoms with Crippen LogP contribution in [-0.4, -0.2) is 111 Å². The van der Waals surface area contributed by atoms with E-state index >= 15 is 13.2 Å². The summed E-state index contributed by atoms with van der Waals surface area (Å²) in [5, 5.41) is 15.2. The van der Waals surface area contributed by atoms with Crippen molar-refractivity contribution in [3.8, 4) is 34.3 Å². The first-order valence-corrected chi connectivity index (χ1v) is 23.5. The van der Waals surface area contributed by atoms with Crippen LogP contribution in [0.1, 0.15) is 53.5 Å². The largest absolute Gasteiger partial charge is 0.497 e. The summed E-state index contributed by atoms with van der Waals surface area (Å²) in [6.45, 7) is 14.3. The van der Waals surface area contributed by atoms with Crippen molar-refractivity contribution in [3.05, 3.63) is 102 Å². The smallest absolute Gasteiger partial charge is 0.193 e. The molecular weight excluding hydrogens is 930 g/mol. The summed E-state index contributed by atoms with van der Waals surface area (Å²) >= 11 is 0. The topological polar surface area (TPSA) is 181 Å². The van der Waals surface area contributed by atoms with Crippen LogP contribution in [-0.2, 0) is 20.6 Å². The lowest BCUT2D eigenvalue weighted by atomic mass is 10.2. The molecule has 18 nitrogen and oxygen atoms in total. The van der Waals surface area contributed by atoms with Crippen molar-refractivity contribution < 1.29 is 32.1 Å². The predicted octanol–water partition coefficient (Wildman–Crippen LogP) is 8.72. The van der Waals surface area contributed by atoms with E-state index in [4.69, 9.17) is 33.9 Å². The van der Waals surface area contributed by atoms with Gasteiger partial charge in [0.05, 0.1) is 64.1 Å². The molecule has 1 aliphatic heterocycles. The number of methoxy groups -OCH3 is 4. The van der Waals surface area contributed by atoms with Gasteiger partial charge < -0.3 is 39.0 Å². The Morgan fingerprint density at radius 1 is 0.736 bits per heavy atom. The van der Waals surface area contributed by atoms with E-state index in [0.29, 0.717) is 83.7 Å². The Morgan fingerprint density at radius 3 is 1.99 bits per heavy atom. The van der Waals surface area contributed by atoms with Crippen molar-refractivity contribution >= 4 is 51.8 Å². The fraction of sp³-hybridized carbons (Fsp3) is 0.373. The minimum Gasteiger partial charge on any atom is -0.497 e. The highest BCUT2D eigenvalue weighted by molar-refractivity contribution is 6.09. The molecule has 21 heteroatoms. The Morgan fingerprint density at radius 2 is 1.38 bits per heavy atom. The summed E-state index contributed by atoms with van der Waals surface area (Å²) in [5.74, 6) is -1.10. The zero-order valence-electron chi connectivity index (χ0n) is 42.8. The quantitative estimate of drug-likeness (QED) is 0.0888. The number of anilines is 2. The lowest BCUT2D eigenvalue weighted by Gasteiger charge is -2.26. The summed E-state index contributed by atoms with van der Waals surface area (Å²) in [4.78, 5) is 29.6. The Labute approximate surface area is 417 Å². The highest BCUT2D eigenvalue weighted by atomic mass is 19.1. The molecular formula is C51H63F3N14O4. The van der Waals surface area contributed by atoms with E-state index in [9.17, 15) is 0 Å². The first kappa shape index (κ1) is 53.7. The first-order valence-electron chi connectivity index (χ1n) is 23.5. The van der Waals surface area contributed by atoms with Gasteiger partial charge in [0.15, 0.2) is 46.2 Å². The minimum absolute atomic E-state index is 0.0948. The molecule has 2 N–H and O–H groups in total. The van der Waals surface area contributed by atoms with Gasteiger partial charge in [-0.15, -0.1) is 0 Å². The van der Waals surface area contributed by atoms with Gasteiger partial charge in [-0.25, -0.2) is 33.1 Å². The number of pyridine rings is 2. The molecule has 382 valence electrons.